The first-order valence-corrected chi connectivity index (χ1v) is 7.64. The highest BCUT2D eigenvalue weighted by Gasteiger charge is 2.27. The third-order valence-corrected chi connectivity index (χ3v) is 3.28. The molecule has 2 heterocycles. The quantitative estimate of drug-likeness (QED) is 0.550. The molecule has 0 radical (unpaired) electrons. The van der Waals surface area contributed by atoms with Crippen molar-refractivity contribution in [2.45, 2.75) is 25.4 Å². The molecule has 9 nitrogen and oxygen atoms in total. The second-order valence-electron chi connectivity index (χ2n) is 4.70. The van der Waals surface area contributed by atoms with E-state index < -0.39 is 24.3 Å². The van der Waals surface area contributed by atoms with Crippen molar-refractivity contribution in [3.8, 4) is 0 Å². The Bertz CT molecular complexity index is 581. The topological polar surface area (TPSA) is 112 Å². The summed E-state index contributed by atoms with van der Waals surface area (Å²) in [4.78, 5) is 27.2. The molecular formula is C13H18ClN3O6. The van der Waals surface area contributed by atoms with E-state index in [0.717, 1.165) is 6.42 Å². The number of amides is 1. The Balaban J connectivity index is 1.89. The minimum atomic E-state index is -0.757. The molecule has 128 valence electrons. The fraction of sp³-hybridized carbons (Fsp3) is 0.615. The van der Waals surface area contributed by atoms with E-state index in [4.69, 9.17) is 30.9 Å². The number of nitrogens with one attached hydrogen (secondary N) is 1. The van der Waals surface area contributed by atoms with Gasteiger partial charge >= 0.3 is 11.8 Å². The predicted octanol–water partition coefficient (Wildman–Crippen LogP) is 0.675. The number of aromatic nitrogens is 2. The molecule has 0 aromatic carbocycles. The van der Waals surface area contributed by atoms with Crippen molar-refractivity contribution in [2.75, 3.05) is 31.0 Å². The van der Waals surface area contributed by atoms with Gasteiger partial charge in [-0.2, -0.15) is 4.98 Å². The number of ether oxygens (including phenoxy) is 3. The van der Waals surface area contributed by atoms with E-state index in [2.05, 4.69) is 10.3 Å². The second-order valence-corrected chi connectivity index (χ2v) is 5.07. The first-order chi connectivity index (χ1) is 11.1. The van der Waals surface area contributed by atoms with Crippen LogP contribution in [0, 0.1) is 0 Å². The zero-order valence-electron chi connectivity index (χ0n) is 12.3. The summed E-state index contributed by atoms with van der Waals surface area (Å²) in [7, 11) is 0. The van der Waals surface area contributed by atoms with Gasteiger partial charge in [-0.15, -0.1) is 11.6 Å². The van der Waals surface area contributed by atoms with Gasteiger partial charge in [0.05, 0.1) is 19.8 Å². The summed E-state index contributed by atoms with van der Waals surface area (Å²) in [6.45, 7) is 0.0709. The Labute approximate surface area is 137 Å². The molecule has 23 heavy (non-hydrogen) atoms. The highest BCUT2D eigenvalue weighted by Crippen LogP contribution is 2.19. The monoisotopic (exact) mass is 347 g/mol. The van der Waals surface area contributed by atoms with Crippen molar-refractivity contribution in [3.63, 3.8) is 0 Å². The van der Waals surface area contributed by atoms with Gasteiger partial charge in [-0.05, 0) is 18.9 Å². The maximum Gasteiger partial charge on any atom is 0.412 e. The molecule has 2 N–H and O–H groups in total. The largest absolute Gasteiger partial charge is 0.449 e. The minimum Gasteiger partial charge on any atom is -0.449 e. The number of hydrogen-bond donors (Lipinski definition) is 2. The normalized spacial score (nSPS) is 20.4. The van der Waals surface area contributed by atoms with Gasteiger partial charge in [0, 0.05) is 12.1 Å². The van der Waals surface area contributed by atoms with Gasteiger partial charge in [0.25, 0.3) is 0 Å². The van der Waals surface area contributed by atoms with Crippen molar-refractivity contribution in [3.05, 3.63) is 22.7 Å². The molecule has 1 amide bonds. The number of nitrogens with zero attached hydrogens (tertiary/aromatic N) is 2. The molecule has 0 saturated carbocycles. The fourth-order valence-corrected chi connectivity index (χ4v) is 2.08. The van der Waals surface area contributed by atoms with Crippen molar-refractivity contribution in [1.82, 2.24) is 9.55 Å². The molecule has 0 spiro atoms. The van der Waals surface area contributed by atoms with Gasteiger partial charge in [-0.25, -0.2) is 9.59 Å². The number of hydrogen-bond acceptors (Lipinski definition) is 7. The Kier molecular flexibility index (Phi) is 6.78. The Hall–Kier alpha value is -1.68. The zero-order valence-corrected chi connectivity index (χ0v) is 13.1. The van der Waals surface area contributed by atoms with E-state index in [0.29, 0.717) is 12.3 Å². The summed E-state index contributed by atoms with van der Waals surface area (Å²) in [6.07, 6.45) is 0.728. The minimum absolute atomic E-state index is 0.0752. The summed E-state index contributed by atoms with van der Waals surface area (Å²) >= 11 is 5.51. The van der Waals surface area contributed by atoms with Crippen LogP contribution in [-0.4, -0.2) is 52.7 Å². The average molecular weight is 348 g/mol. The van der Waals surface area contributed by atoms with E-state index in [9.17, 15) is 9.59 Å². The Morgan fingerprint density at radius 3 is 3.04 bits per heavy atom. The van der Waals surface area contributed by atoms with Gasteiger partial charge in [-0.1, -0.05) is 0 Å². The maximum atomic E-state index is 11.9. The number of anilines is 1. The van der Waals surface area contributed by atoms with E-state index in [1.54, 1.807) is 0 Å². The summed E-state index contributed by atoms with van der Waals surface area (Å²) in [5, 5.41) is 11.3. The molecule has 2 unspecified atom stereocenters. The second kappa shape index (κ2) is 8.82. The first kappa shape index (κ1) is 17.7. The molecule has 1 aromatic rings. The highest BCUT2D eigenvalue weighted by atomic mass is 35.5. The molecule has 1 fully saturated rings. The number of alkyl halides is 1. The van der Waals surface area contributed by atoms with Crippen LogP contribution in [0.1, 0.15) is 19.1 Å². The molecule has 2 rings (SSSR count). The van der Waals surface area contributed by atoms with Crippen LogP contribution in [0.2, 0.25) is 0 Å². The number of halogens is 1. The molecule has 1 aromatic heterocycles. The van der Waals surface area contributed by atoms with Gasteiger partial charge in [0.15, 0.2) is 12.5 Å². The number of rotatable bonds is 7. The lowest BCUT2D eigenvalue weighted by Crippen LogP contribution is -2.29. The number of carbonyl (C=O) groups is 1. The van der Waals surface area contributed by atoms with Gasteiger partial charge in [-0.3, -0.25) is 9.88 Å². The maximum absolute atomic E-state index is 11.9. The van der Waals surface area contributed by atoms with Crippen LogP contribution in [0.5, 0.6) is 0 Å². The number of aliphatic hydroxyl groups is 1. The van der Waals surface area contributed by atoms with Crippen LogP contribution in [0.4, 0.5) is 10.6 Å². The molecule has 1 aliphatic rings. The molecule has 1 aliphatic heterocycles. The van der Waals surface area contributed by atoms with Gasteiger partial charge < -0.3 is 19.3 Å². The number of aliphatic hydroxyl groups excluding tert-OH is 1. The van der Waals surface area contributed by atoms with Crippen LogP contribution in [0.15, 0.2) is 17.1 Å². The highest BCUT2D eigenvalue weighted by molar-refractivity contribution is 6.17. The molecular weight excluding hydrogens is 330 g/mol. The van der Waals surface area contributed by atoms with Gasteiger partial charge in [0.2, 0.25) is 0 Å². The third-order valence-electron chi connectivity index (χ3n) is 3.01. The molecule has 1 saturated heterocycles. The van der Waals surface area contributed by atoms with Crippen molar-refractivity contribution >= 4 is 23.5 Å². The standard InChI is InChI=1S/C13H18ClN3O6/c14-4-1-2-6-21-13(20)16-9-3-5-17(12(19)15-9)10-8-22-11(7-18)23-10/h3,5,10-11,18H,1-2,4,6-8H2,(H,15,16,19,20). The molecule has 0 bridgehead atoms. The van der Waals surface area contributed by atoms with Crippen LogP contribution in [-0.2, 0) is 14.2 Å². The molecule has 2 atom stereocenters. The smallest absolute Gasteiger partial charge is 0.412 e. The summed E-state index contributed by atoms with van der Waals surface area (Å²) in [5.41, 5.74) is -0.614. The number of unbranched alkanes of at least 4 members (excludes halogenated alkanes) is 1. The van der Waals surface area contributed by atoms with Crippen LogP contribution in [0.3, 0.4) is 0 Å². The summed E-state index contributed by atoms with van der Waals surface area (Å²) in [5.74, 6) is 0.584. The van der Waals surface area contributed by atoms with Crippen LogP contribution in [0.25, 0.3) is 0 Å². The number of carbonyl (C=O) groups excluding carboxylic acids is 1. The zero-order chi connectivity index (χ0) is 16.7. The van der Waals surface area contributed by atoms with E-state index >= 15 is 0 Å². The fourth-order valence-electron chi connectivity index (χ4n) is 1.89. The SMILES string of the molecule is O=C(Nc1ccn(C2COC(CO)O2)c(=O)n1)OCCCCCl. The van der Waals surface area contributed by atoms with Gasteiger partial charge in [0.1, 0.15) is 5.82 Å². The molecule has 0 aliphatic carbocycles. The summed E-state index contributed by atoms with van der Waals surface area (Å²) in [6, 6.07) is 1.44. The predicted molar refractivity (Wildman–Crippen MR) is 80.4 cm³/mol. The van der Waals surface area contributed by atoms with E-state index in [-0.39, 0.29) is 25.6 Å². The summed E-state index contributed by atoms with van der Waals surface area (Å²) < 4.78 is 16.6. The lowest BCUT2D eigenvalue weighted by molar-refractivity contribution is -0.0992. The first-order valence-electron chi connectivity index (χ1n) is 7.11. The van der Waals surface area contributed by atoms with Crippen LogP contribution >= 0.6 is 11.6 Å². The lowest BCUT2D eigenvalue weighted by Gasteiger charge is -2.12. The molecule has 10 heteroatoms. The van der Waals surface area contributed by atoms with Crippen LogP contribution < -0.4 is 11.0 Å². The van der Waals surface area contributed by atoms with Crippen molar-refractivity contribution in [2.24, 2.45) is 0 Å². The average Bonchev–Trinajstić information content (AvgIpc) is 3.00. The Morgan fingerprint density at radius 1 is 1.57 bits per heavy atom. The van der Waals surface area contributed by atoms with E-state index in [1.165, 1.54) is 16.8 Å². The Morgan fingerprint density at radius 2 is 2.39 bits per heavy atom. The third kappa shape index (κ3) is 5.17. The van der Waals surface area contributed by atoms with E-state index in [1.807, 2.05) is 0 Å². The van der Waals surface area contributed by atoms with Crippen molar-refractivity contribution < 1.29 is 24.1 Å². The lowest BCUT2D eigenvalue weighted by atomic mass is 10.4. The van der Waals surface area contributed by atoms with Crippen molar-refractivity contribution in [1.29, 1.82) is 0 Å².